The van der Waals surface area contributed by atoms with Crippen LogP contribution in [0.25, 0.3) is 0 Å². The highest BCUT2D eigenvalue weighted by molar-refractivity contribution is 5.59. The Morgan fingerprint density at radius 1 is 1.37 bits per heavy atom. The Kier molecular flexibility index (Phi) is 4.22. The quantitative estimate of drug-likeness (QED) is 0.775. The van der Waals surface area contributed by atoms with Gasteiger partial charge in [0.2, 0.25) is 0 Å². The number of nitrogens with zero attached hydrogens (tertiary/aromatic N) is 3. The van der Waals surface area contributed by atoms with E-state index in [4.69, 9.17) is 10.5 Å². The van der Waals surface area contributed by atoms with Gasteiger partial charge >= 0.3 is 0 Å². The van der Waals surface area contributed by atoms with Gasteiger partial charge in [0.25, 0.3) is 0 Å². The summed E-state index contributed by atoms with van der Waals surface area (Å²) < 4.78 is 7.25. The molecular weight excluding hydrogens is 242 g/mol. The summed E-state index contributed by atoms with van der Waals surface area (Å²) >= 11 is 0. The minimum Gasteiger partial charge on any atom is -0.493 e. The Morgan fingerprint density at radius 2 is 2.21 bits per heavy atom. The van der Waals surface area contributed by atoms with Crippen molar-refractivity contribution in [3.8, 4) is 5.75 Å². The Bertz CT molecular complexity index is 538. The zero-order chi connectivity index (χ0) is 13.7. The first kappa shape index (κ1) is 13.2. The van der Waals surface area contributed by atoms with Gasteiger partial charge in [0.05, 0.1) is 13.2 Å². The van der Waals surface area contributed by atoms with E-state index in [1.807, 2.05) is 25.2 Å². The number of ether oxygens (including phenoxy) is 1. The molecule has 0 fully saturated rings. The molecule has 0 aliphatic carbocycles. The summed E-state index contributed by atoms with van der Waals surface area (Å²) in [4.78, 5) is 4.15. The number of rotatable bonds is 6. The second-order valence-electron chi connectivity index (χ2n) is 4.33. The fourth-order valence-corrected chi connectivity index (χ4v) is 1.67. The number of aryl methyl sites for hydroxylation is 1. The number of aromatic nitrogens is 3. The molecule has 0 unspecified atom stereocenters. The van der Waals surface area contributed by atoms with Crippen molar-refractivity contribution in [1.29, 1.82) is 0 Å². The SMILES string of the molecule is CCCOc1cc(N)cc(NCc2ncn(C)n2)c1. The molecule has 3 N–H and O–H groups in total. The Balaban J connectivity index is 2.01. The van der Waals surface area contributed by atoms with Crippen molar-refractivity contribution in [2.75, 3.05) is 17.7 Å². The molecule has 1 aromatic carbocycles. The molecule has 0 radical (unpaired) electrons. The van der Waals surface area contributed by atoms with E-state index in [-0.39, 0.29) is 0 Å². The van der Waals surface area contributed by atoms with E-state index in [9.17, 15) is 0 Å². The number of hydrogen-bond acceptors (Lipinski definition) is 5. The van der Waals surface area contributed by atoms with Crippen LogP contribution in [-0.2, 0) is 13.6 Å². The number of nitrogens with one attached hydrogen (secondary N) is 1. The molecule has 102 valence electrons. The Hall–Kier alpha value is -2.24. The first-order chi connectivity index (χ1) is 9.17. The summed E-state index contributed by atoms with van der Waals surface area (Å²) in [6, 6.07) is 5.61. The normalized spacial score (nSPS) is 10.4. The van der Waals surface area contributed by atoms with Gasteiger partial charge in [0.15, 0.2) is 5.82 Å². The van der Waals surface area contributed by atoms with E-state index >= 15 is 0 Å². The van der Waals surface area contributed by atoms with E-state index in [1.54, 1.807) is 11.0 Å². The molecule has 0 saturated carbocycles. The van der Waals surface area contributed by atoms with E-state index in [0.717, 1.165) is 23.7 Å². The average Bonchev–Trinajstić information content (AvgIpc) is 2.79. The van der Waals surface area contributed by atoms with Crippen LogP contribution in [0.2, 0.25) is 0 Å². The lowest BCUT2D eigenvalue weighted by molar-refractivity contribution is 0.318. The molecule has 2 aromatic rings. The molecule has 0 bridgehead atoms. The van der Waals surface area contributed by atoms with Crippen molar-refractivity contribution < 1.29 is 4.74 Å². The largest absolute Gasteiger partial charge is 0.493 e. The first-order valence-electron chi connectivity index (χ1n) is 6.29. The summed E-state index contributed by atoms with van der Waals surface area (Å²) in [5.41, 5.74) is 7.42. The van der Waals surface area contributed by atoms with E-state index in [2.05, 4.69) is 22.3 Å². The molecule has 1 aromatic heterocycles. The molecule has 0 atom stereocenters. The molecule has 6 heteroatoms. The molecule has 19 heavy (non-hydrogen) atoms. The third-order valence-corrected chi connectivity index (χ3v) is 2.50. The fourth-order valence-electron chi connectivity index (χ4n) is 1.67. The third-order valence-electron chi connectivity index (χ3n) is 2.50. The fraction of sp³-hybridized carbons (Fsp3) is 0.385. The lowest BCUT2D eigenvalue weighted by atomic mass is 10.2. The maximum absolute atomic E-state index is 5.85. The van der Waals surface area contributed by atoms with Crippen LogP contribution in [0.15, 0.2) is 24.5 Å². The van der Waals surface area contributed by atoms with Crippen LogP contribution in [0.3, 0.4) is 0 Å². The lowest BCUT2D eigenvalue weighted by Gasteiger charge is -2.10. The van der Waals surface area contributed by atoms with E-state index in [0.29, 0.717) is 18.8 Å². The lowest BCUT2D eigenvalue weighted by Crippen LogP contribution is -2.04. The van der Waals surface area contributed by atoms with Crippen LogP contribution in [0.5, 0.6) is 5.75 Å². The van der Waals surface area contributed by atoms with Gasteiger partial charge in [-0.1, -0.05) is 6.92 Å². The van der Waals surface area contributed by atoms with Crippen molar-refractivity contribution in [1.82, 2.24) is 14.8 Å². The van der Waals surface area contributed by atoms with Crippen molar-refractivity contribution in [2.24, 2.45) is 7.05 Å². The monoisotopic (exact) mass is 261 g/mol. The summed E-state index contributed by atoms with van der Waals surface area (Å²) in [6.07, 6.45) is 2.64. The molecule has 0 aliphatic rings. The zero-order valence-corrected chi connectivity index (χ0v) is 11.3. The number of anilines is 2. The van der Waals surface area contributed by atoms with Gasteiger partial charge in [-0.3, -0.25) is 4.68 Å². The number of benzene rings is 1. The summed E-state index contributed by atoms with van der Waals surface area (Å²) in [5.74, 6) is 1.51. The third kappa shape index (κ3) is 3.87. The van der Waals surface area contributed by atoms with Gasteiger partial charge < -0.3 is 15.8 Å². The summed E-state index contributed by atoms with van der Waals surface area (Å²) in [7, 11) is 1.84. The second-order valence-corrected chi connectivity index (χ2v) is 4.33. The highest BCUT2D eigenvalue weighted by Crippen LogP contribution is 2.23. The maximum atomic E-state index is 5.85. The topological polar surface area (TPSA) is 78.0 Å². The predicted octanol–water partition coefficient (Wildman–Crippen LogP) is 1.80. The van der Waals surface area contributed by atoms with Crippen LogP contribution < -0.4 is 15.8 Å². The highest BCUT2D eigenvalue weighted by atomic mass is 16.5. The van der Waals surface area contributed by atoms with Crippen LogP contribution >= 0.6 is 0 Å². The zero-order valence-electron chi connectivity index (χ0n) is 11.3. The Labute approximate surface area is 112 Å². The molecule has 0 amide bonds. The van der Waals surface area contributed by atoms with Gasteiger partial charge in [-0.25, -0.2) is 4.98 Å². The van der Waals surface area contributed by atoms with Gasteiger partial charge in [0, 0.05) is 30.6 Å². The molecule has 1 heterocycles. The number of hydrogen-bond donors (Lipinski definition) is 2. The molecule has 6 nitrogen and oxygen atoms in total. The van der Waals surface area contributed by atoms with Crippen molar-refractivity contribution in [3.63, 3.8) is 0 Å². The standard InChI is InChI=1S/C13H19N5O/c1-3-4-19-12-6-10(14)5-11(7-12)15-8-13-16-9-18(2)17-13/h5-7,9,15H,3-4,8,14H2,1-2H3. The maximum Gasteiger partial charge on any atom is 0.169 e. The summed E-state index contributed by atoms with van der Waals surface area (Å²) in [5, 5.41) is 7.43. The average molecular weight is 261 g/mol. The van der Waals surface area contributed by atoms with E-state index in [1.165, 1.54) is 0 Å². The molecular formula is C13H19N5O. The molecule has 0 saturated heterocycles. The first-order valence-corrected chi connectivity index (χ1v) is 6.29. The van der Waals surface area contributed by atoms with E-state index < -0.39 is 0 Å². The minimum atomic E-state index is 0.553. The summed E-state index contributed by atoms with van der Waals surface area (Å²) in [6.45, 7) is 3.31. The molecule has 0 spiro atoms. The smallest absolute Gasteiger partial charge is 0.169 e. The van der Waals surface area contributed by atoms with Gasteiger partial charge in [-0.15, -0.1) is 0 Å². The van der Waals surface area contributed by atoms with Crippen molar-refractivity contribution >= 4 is 11.4 Å². The van der Waals surface area contributed by atoms with Gasteiger partial charge in [0.1, 0.15) is 12.1 Å². The molecule has 2 rings (SSSR count). The minimum absolute atomic E-state index is 0.553. The number of nitrogens with two attached hydrogens (primary N) is 1. The van der Waals surface area contributed by atoms with Gasteiger partial charge in [-0.2, -0.15) is 5.10 Å². The highest BCUT2D eigenvalue weighted by Gasteiger charge is 2.02. The second kappa shape index (κ2) is 6.08. The van der Waals surface area contributed by atoms with Crippen LogP contribution in [0, 0.1) is 0 Å². The van der Waals surface area contributed by atoms with Crippen molar-refractivity contribution in [3.05, 3.63) is 30.4 Å². The van der Waals surface area contributed by atoms with Crippen LogP contribution in [0.1, 0.15) is 19.2 Å². The predicted molar refractivity (Wildman–Crippen MR) is 75.0 cm³/mol. The Morgan fingerprint density at radius 3 is 2.89 bits per heavy atom. The molecule has 0 aliphatic heterocycles. The van der Waals surface area contributed by atoms with Crippen LogP contribution in [0.4, 0.5) is 11.4 Å². The number of nitrogen functional groups attached to an aromatic ring is 1. The van der Waals surface area contributed by atoms with Crippen LogP contribution in [-0.4, -0.2) is 21.4 Å². The van der Waals surface area contributed by atoms with Gasteiger partial charge in [-0.05, 0) is 12.5 Å². The van der Waals surface area contributed by atoms with Crippen molar-refractivity contribution in [2.45, 2.75) is 19.9 Å².